The lowest BCUT2D eigenvalue weighted by atomic mass is 10.1. The van der Waals surface area contributed by atoms with Gasteiger partial charge in [-0.05, 0) is 99.0 Å². The molecule has 3 aromatic carbocycles. The number of hydrogen-bond donors (Lipinski definition) is 0. The highest BCUT2D eigenvalue weighted by Crippen LogP contribution is 2.36. The number of benzene rings is 3. The van der Waals surface area contributed by atoms with Gasteiger partial charge in [0, 0.05) is 8.95 Å². The predicted molar refractivity (Wildman–Crippen MR) is 144 cm³/mol. The topological polar surface area (TPSA) is 57.1 Å². The number of halogens is 3. The molecule has 0 aliphatic carbocycles. The largest absolute Gasteiger partial charge is 0.490 e. The number of cyclic esters (lactones) is 1. The zero-order chi connectivity index (χ0) is 23.4. The van der Waals surface area contributed by atoms with Crippen molar-refractivity contribution >= 4 is 72.4 Å². The quantitative estimate of drug-likeness (QED) is 0.151. The Bertz CT molecular complexity index is 1270. The smallest absolute Gasteiger partial charge is 0.363 e. The van der Waals surface area contributed by atoms with Crippen LogP contribution in [0.5, 0.6) is 11.5 Å². The number of esters is 1. The van der Waals surface area contributed by atoms with E-state index in [2.05, 4.69) is 59.4 Å². The minimum atomic E-state index is -0.497. The maximum Gasteiger partial charge on any atom is 0.363 e. The van der Waals surface area contributed by atoms with Gasteiger partial charge in [0.2, 0.25) is 5.90 Å². The van der Waals surface area contributed by atoms with Crippen LogP contribution in [0, 0.1) is 3.57 Å². The van der Waals surface area contributed by atoms with Crippen molar-refractivity contribution < 1.29 is 19.0 Å². The molecule has 0 spiro atoms. The summed E-state index contributed by atoms with van der Waals surface area (Å²) < 4.78 is 20.0. The maximum absolute atomic E-state index is 12.4. The first-order valence-electron chi connectivity index (χ1n) is 10.1. The van der Waals surface area contributed by atoms with E-state index in [1.54, 1.807) is 6.08 Å². The van der Waals surface area contributed by atoms with Crippen molar-refractivity contribution in [3.05, 3.63) is 95.6 Å². The zero-order valence-electron chi connectivity index (χ0n) is 17.5. The molecule has 0 aromatic heterocycles. The molecule has 5 nitrogen and oxygen atoms in total. The normalized spacial score (nSPS) is 14.2. The molecule has 33 heavy (non-hydrogen) atoms. The highest BCUT2D eigenvalue weighted by atomic mass is 127. The lowest BCUT2D eigenvalue weighted by molar-refractivity contribution is -0.129. The molecule has 1 aliphatic heterocycles. The van der Waals surface area contributed by atoms with Crippen LogP contribution in [0.2, 0.25) is 0 Å². The average Bonchev–Trinajstić information content (AvgIpc) is 3.13. The molecule has 0 N–H and O–H groups in total. The Kier molecular flexibility index (Phi) is 7.87. The van der Waals surface area contributed by atoms with Gasteiger partial charge in [0.1, 0.15) is 6.61 Å². The summed E-state index contributed by atoms with van der Waals surface area (Å²) in [5.41, 5.74) is 2.75. The summed E-state index contributed by atoms with van der Waals surface area (Å²) in [5, 5.41) is 0. The van der Waals surface area contributed by atoms with Crippen molar-refractivity contribution in [1.29, 1.82) is 0 Å². The highest BCUT2D eigenvalue weighted by Gasteiger charge is 2.25. The summed E-state index contributed by atoms with van der Waals surface area (Å²) in [5.74, 6) is 1.04. The summed E-state index contributed by atoms with van der Waals surface area (Å²) in [6.07, 6.45) is 1.69. The molecule has 0 saturated heterocycles. The van der Waals surface area contributed by atoms with E-state index in [4.69, 9.17) is 14.2 Å². The van der Waals surface area contributed by atoms with Gasteiger partial charge in [0.05, 0.1) is 15.7 Å². The number of hydrogen-bond acceptors (Lipinski definition) is 5. The number of carbonyl (C=O) groups excluding carboxylic acids is 1. The van der Waals surface area contributed by atoms with Crippen LogP contribution in [-0.2, 0) is 16.1 Å². The molecular weight excluding hydrogens is 665 g/mol. The van der Waals surface area contributed by atoms with Gasteiger partial charge in [-0.25, -0.2) is 9.79 Å². The third-order valence-electron chi connectivity index (χ3n) is 4.63. The average molecular weight is 683 g/mol. The van der Waals surface area contributed by atoms with Crippen LogP contribution in [0.3, 0.4) is 0 Å². The third kappa shape index (κ3) is 5.85. The zero-order valence-corrected chi connectivity index (χ0v) is 22.8. The third-order valence-corrected chi connectivity index (χ3v) is 6.62. The van der Waals surface area contributed by atoms with E-state index in [1.807, 2.05) is 67.6 Å². The molecule has 0 fully saturated rings. The SMILES string of the molecule is CCOc1cc(/C=C2\N=C(c3ccccc3Br)OC2=O)cc(I)c1OCc1cccc(Br)c1. The highest BCUT2D eigenvalue weighted by molar-refractivity contribution is 14.1. The van der Waals surface area contributed by atoms with E-state index in [0.29, 0.717) is 24.7 Å². The van der Waals surface area contributed by atoms with Crippen LogP contribution in [0.25, 0.3) is 6.08 Å². The van der Waals surface area contributed by atoms with Gasteiger partial charge in [0.15, 0.2) is 17.2 Å². The van der Waals surface area contributed by atoms with Crippen molar-refractivity contribution in [3.8, 4) is 11.5 Å². The Balaban J connectivity index is 1.62. The summed E-state index contributed by atoms with van der Waals surface area (Å²) in [4.78, 5) is 16.8. The summed E-state index contributed by atoms with van der Waals surface area (Å²) in [7, 11) is 0. The van der Waals surface area contributed by atoms with Crippen LogP contribution < -0.4 is 9.47 Å². The van der Waals surface area contributed by atoms with Crippen molar-refractivity contribution in [2.75, 3.05) is 6.61 Å². The molecule has 0 radical (unpaired) electrons. The molecule has 0 unspecified atom stereocenters. The van der Waals surface area contributed by atoms with Crippen LogP contribution in [0.15, 0.2) is 80.3 Å². The fourth-order valence-electron chi connectivity index (χ4n) is 3.17. The van der Waals surface area contributed by atoms with E-state index in [-0.39, 0.29) is 11.6 Å². The van der Waals surface area contributed by atoms with Gasteiger partial charge in [0.25, 0.3) is 0 Å². The van der Waals surface area contributed by atoms with E-state index < -0.39 is 5.97 Å². The van der Waals surface area contributed by atoms with Crippen molar-refractivity contribution in [2.45, 2.75) is 13.5 Å². The second-order valence-corrected chi connectivity index (χ2v) is 9.93. The van der Waals surface area contributed by atoms with Gasteiger partial charge in [-0.2, -0.15) is 0 Å². The lowest BCUT2D eigenvalue weighted by Crippen LogP contribution is -2.06. The monoisotopic (exact) mass is 681 g/mol. The fourth-order valence-corrected chi connectivity index (χ4v) is 4.86. The van der Waals surface area contributed by atoms with Crippen LogP contribution in [0.1, 0.15) is 23.6 Å². The lowest BCUT2D eigenvalue weighted by Gasteiger charge is -2.15. The van der Waals surface area contributed by atoms with E-state index >= 15 is 0 Å². The number of aliphatic imine (C=N–C) groups is 1. The molecule has 168 valence electrons. The van der Waals surface area contributed by atoms with Gasteiger partial charge >= 0.3 is 5.97 Å². The molecule has 0 amide bonds. The summed E-state index contributed by atoms with van der Waals surface area (Å²) >= 11 is 9.16. The van der Waals surface area contributed by atoms with Crippen LogP contribution >= 0.6 is 54.5 Å². The van der Waals surface area contributed by atoms with Crippen molar-refractivity contribution in [1.82, 2.24) is 0 Å². The van der Waals surface area contributed by atoms with Gasteiger partial charge in [-0.3, -0.25) is 0 Å². The number of ether oxygens (including phenoxy) is 3. The first-order chi connectivity index (χ1) is 15.9. The van der Waals surface area contributed by atoms with Crippen molar-refractivity contribution in [2.24, 2.45) is 4.99 Å². The minimum absolute atomic E-state index is 0.224. The standard InChI is InChI=1S/C25H18Br2INO4/c1-2-31-22-13-16(11-20(28)23(22)32-14-15-6-5-7-17(26)10-15)12-21-25(30)33-24(29-21)18-8-3-4-9-19(18)27/h3-13H,2,14H2,1H3/b21-12-. The maximum atomic E-state index is 12.4. The molecule has 0 bridgehead atoms. The molecule has 3 aromatic rings. The molecule has 1 heterocycles. The number of nitrogens with zero attached hydrogens (tertiary/aromatic N) is 1. The molecule has 1 aliphatic rings. The fraction of sp³-hybridized carbons (Fsp3) is 0.120. The van der Waals surface area contributed by atoms with Gasteiger partial charge in [-0.15, -0.1) is 0 Å². The molecular formula is C25H18Br2INO4. The number of carbonyl (C=O) groups is 1. The first-order valence-corrected chi connectivity index (χ1v) is 12.7. The molecule has 0 saturated carbocycles. The molecule has 8 heteroatoms. The van der Waals surface area contributed by atoms with Gasteiger partial charge in [-0.1, -0.05) is 40.2 Å². The number of rotatable bonds is 7. The minimum Gasteiger partial charge on any atom is -0.490 e. The second-order valence-electron chi connectivity index (χ2n) is 7.00. The Morgan fingerprint density at radius 2 is 1.88 bits per heavy atom. The van der Waals surface area contributed by atoms with E-state index in [1.165, 1.54) is 0 Å². The Labute approximate surface area is 222 Å². The van der Waals surface area contributed by atoms with Crippen LogP contribution in [0.4, 0.5) is 0 Å². The van der Waals surface area contributed by atoms with Crippen LogP contribution in [-0.4, -0.2) is 18.5 Å². The Hall–Kier alpha value is -2.17. The Morgan fingerprint density at radius 3 is 2.64 bits per heavy atom. The molecule has 0 atom stereocenters. The first kappa shape index (κ1) is 24.0. The van der Waals surface area contributed by atoms with E-state index in [9.17, 15) is 4.79 Å². The van der Waals surface area contributed by atoms with E-state index in [0.717, 1.165) is 29.2 Å². The molecule has 4 rings (SSSR count). The Morgan fingerprint density at radius 1 is 1.06 bits per heavy atom. The van der Waals surface area contributed by atoms with Crippen molar-refractivity contribution in [3.63, 3.8) is 0 Å². The summed E-state index contributed by atoms with van der Waals surface area (Å²) in [6.45, 7) is 2.80. The second kappa shape index (κ2) is 10.8. The van der Waals surface area contributed by atoms with Gasteiger partial charge < -0.3 is 14.2 Å². The predicted octanol–water partition coefficient (Wildman–Crippen LogP) is 7.14. The summed E-state index contributed by atoms with van der Waals surface area (Å²) in [6, 6.07) is 19.2.